The van der Waals surface area contributed by atoms with Crippen molar-refractivity contribution in [1.82, 2.24) is 5.32 Å². The van der Waals surface area contributed by atoms with E-state index in [1.54, 1.807) is 0 Å². The number of rotatable bonds is 38. The van der Waals surface area contributed by atoms with Crippen molar-refractivity contribution >= 4 is 11.9 Å². The lowest BCUT2D eigenvalue weighted by Gasteiger charge is -2.24. The molecule has 0 aromatic carbocycles. The van der Waals surface area contributed by atoms with Gasteiger partial charge in [-0.15, -0.1) is 0 Å². The number of ether oxygens (including phenoxy) is 1. The minimum absolute atomic E-state index is 0.00107. The predicted octanol–water partition coefficient (Wildman–Crippen LogP) is 13.5. The van der Waals surface area contributed by atoms with Crippen molar-refractivity contribution in [3.05, 3.63) is 134 Å². The molecular weight excluding hydrogens is 731 g/mol. The molecule has 0 aliphatic heterocycles. The van der Waals surface area contributed by atoms with E-state index < -0.39 is 18.2 Å². The molecule has 0 aliphatic rings. The van der Waals surface area contributed by atoms with Gasteiger partial charge in [0.2, 0.25) is 5.91 Å². The van der Waals surface area contributed by atoms with E-state index in [0.29, 0.717) is 19.3 Å². The van der Waals surface area contributed by atoms with Crippen LogP contribution in [0.15, 0.2) is 134 Å². The SMILES string of the molecule is CC\C=C/C=C/C=C/C=C\C=C\C=C\CCCC(CC(=O)NC(CO)C(O)CCCCCCCCCCCC)OC(=O)CCCCC/C=C/C=C\C=C/C=C/C=C/CC. The number of carbonyl (C=O) groups excluding carboxylic acids is 2. The van der Waals surface area contributed by atoms with Crippen LogP contribution in [0.4, 0.5) is 0 Å². The van der Waals surface area contributed by atoms with Gasteiger partial charge in [-0.05, 0) is 57.8 Å². The van der Waals surface area contributed by atoms with Crippen molar-refractivity contribution in [2.75, 3.05) is 6.61 Å². The van der Waals surface area contributed by atoms with Gasteiger partial charge >= 0.3 is 5.97 Å². The lowest BCUT2D eigenvalue weighted by atomic mass is 10.0. The second kappa shape index (κ2) is 45.1. The van der Waals surface area contributed by atoms with E-state index in [4.69, 9.17) is 4.74 Å². The molecule has 330 valence electrons. The van der Waals surface area contributed by atoms with Gasteiger partial charge in [0.05, 0.1) is 25.2 Å². The summed E-state index contributed by atoms with van der Waals surface area (Å²) < 4.78 is 5.85. The fourth-order valence-corrected chi connectivity index (χ4v) is 6.07. The Morgan fingerprint density at radius 2 is 0.932 bits per heavy atom. The molecule has 0 spiro atoms. The zero-order chi connectivity index (χ0) is 43.1. The Morgan fingerprint density at radius 1 is 0.508 bits per heavy atom. The van der Waals surface area contributed by atoms with Crippen LogP contribution in [-0.4, -0.2) is 46.9 Å². The quantitative estimate of drug-likeness (QED) is 0.0328. The number of amides is 1. The van der Waals surface area contributed by atoms with E-state index in [0.717, 1.165) is 70.6 Å². The summed E-state index contributed by atoms with van der Waals surface area (Å²) in [6.07, 6.45) is 63.6. The molecule has 0 aromatic rings. The van der Waals surface area contributed by atoms with Gasteiger partial charge < -0.3 is 20.3 Å². The Labute approximate surface area is 361 Å². The maximum Gasteiger partial charge on any atom is 0.306 e. The van der Waals surface area contributed by atoms with Crippen molar-refractivity contribution in [3.8, 4) is 0 Å². The fourth-order valence-electron chi connectivity index (χ4n) is 6.07. The first-order valence-corrected chi connectivity index (χ1v) is 23.1. The van der Waals surface area contributed by atoms with Gasteiger partial charge in [0.25, 0.3) is 0 Å². The van der Waals surface area contributed by atoms with Crippen molar-refractivity contribution in [2.45, 2.75) is 180 Å². The second-order valence-corrected chi connectivity index (χ2v) is 15.0. The van der Waals surface area contributed by atoms with Gasteiger partial charge in [-0.2, -0.15) is 0 Å². The summed E-state index contributed by atoms with van der Waals surface area (Å²) in [6.45, 7) is 6.12. The smallest absolute Gasteiger partial charge is 0.306 e. The fraction of sp³-hybridized carbons (Fsp3) is 0.547. The van der Waals surface area contributed by atoms with E-state index in [1.165, 1.54) is 44.9 Å². The Hall–Kier alpha value is -4.00. The van der Waals surface area contributed by atoms with Gasteiger partial charge in [0.15, 0.2) is 0 Å². The normalized spacial score (nSPS) is 14.6. The number of esters is 1. The molecule has 6 nitrogen and oxygen atoms in total. The van der Waals surface area contributed by atoms with Gasteiger partial charge in [-0.1, -0.05) is 225 Å². The Balaban J connectivity index is 4.90. The molecule has 0 fully saturated rings. The van der Waals surface area contributed by atoms with Gasteiger partial charge in [-0.3, -0.25) is 9.59 Å². The van der Waals surface area contributed by atoms with Crippen LogP contribution in [0.2, 0.25) is 0 Å². The number of hydrogen-bond donors (Lipinski definition) is 3. The maximum absolute atomic E-state index is 13.1. The summed E-state index contributed by atoms with van der Waals surface area (Å²) in [5.74, 6) is -0.618. The van der Waals surface area contributed by atoms with Gasteiger partial charge in [0.1, 0.15) is 6.10 Å². The highest BCUT2D eigenvalue weighted by molar-refractivity contribution is 5.77. The number of hydrogen-bond acceptors (Lipinski definition) is 5. The topological polar surface area (TPSA) is 95.9 Å². The molecule has 0 saturated heterocycles. The van der Waals surface area contributed by atoms with E-state index >= 15 is 0 Å². The zero-order valence-electron chi connectivity index (χ0n) is 37.3. The largest absolute Gasteiger partial charge is 0.462 e. The lowest BCUT2D eigenvalue weighted by molar-refractivity contribution is -0.151. The first kappa shape index (κ1) is 55.0. The number of carbonyl (C=O) groups is 2. The third kappa shape index (κ3) is 40.6. The summed E-state index contributed by atoms with van der Waals surface area (Å²) >= 11 is 0. The highest BCUT2D eigenvalue weighted by Gasteiger charge is 2.23. The Kier molecular flexibility index (Phi) is 42.0. The van der Waals surface area contributed by atoms with Crippen LogP contribution in [-0.2, 0) is 14.3 Å². The Morgan fingerprint density at radius 3 is 1.41 bits per heavy atom. The van der Waals surface area contributed by atoms with E-state index in [9.17, 15) is 19.8 Å². The predicted molar refractivity (Wildman–Crippen MR) is 254 cm³/mol. The van der Waals surface area contributed by atoms with Crippen LogP contribution in [0.1, 0.15) is 162 Å². The summed E-state index contributed by atoms with van der Waals surface area (Å²) in [6, 6.07) is -0.743. The number of nitrogens with one attached hydrogen (secondary N) is 1. The number of allylic oxidation sites excluding steroid dienone is 22. The highest BCUT2D eigenvalue weighted by atomic mass is 16.5. The van der Waals surface area contributed by atoms with Crippen molar-refractivity contribution in [1.29, 1.82) is 0 Å². The molecule has 0 bridgehead atoms. The van der Waals surface area contributed by atoms with Crippen molar-refractivity contribution in [2.24, 2.45) is 0 Å². The van der Waals surface area contributed by atoms with Gasteiger partial charge in [0, 0.05) is 6.42 Å². The van der Waals surface area contributed by atoms with Crippen LogP contribution in [0.25, 0.3) is 0 Å². The van der Waals surface area contributed by atoms with Gasteiger partial charge in [-0.25, -0.2) is 0 Å². The average molecular weight is 814 g/mol. The minimum Gasteiger partial charge on any atom is -0.462 e. The number of aliphatic hydroxyl groups excluding tert-OH is 2. The minimum atomic E-state index is -0.823. The average Bonchev–Trinajstić information content (AvgIpc) is 3.23. The van der Waals surface area contributed by atoms with Crippen molar-refractivity contribution in [3.63, 3.8) is 0 Å². The molecule has 59 heavy (non-hydrogen) atoms. The molecule has 6 heteroatoms. The van der Waals surface area contributed by atoms with E-state index in [1.807, 2.05) is 109 Å². The third-order valence-corrected chi connectivity index (χ3v) is 9.51. The molecule has 3 unspecified atom stereocenters. The van der Waals surface area contributed by atoms with E-state index in [-0.39, 0.29) is 24.9 Å². The summed E-state index contributed by atoms with van der Waals surface area (Å²) in [5, 5.41) is 23.6. The van der Waals surface area contributed by atoms with E-state index in [2.05, 4.69) is 50.4 Å². The molecule has 3 N–H and O–H groups in total. The van der Waals surface area contributed by atoms with Crippen molar-refractivity contribution < 1.29 is 24.5 Å². The number of aliphatic hydroxyl groups is 2. The molecule has 0 rings (SSSR count). The summed E-state index contributed by atoms with van der Waals surface area (Å²) in [7, 11) is 0. The van der Waals surface area contributed by atoms with Crippen LogP contribution in [0.5, 0.6) is 0 Å². The molecule has 0 saturated carbocycles. The third-order valence-electron chi connectivity index (χ3n) is 9.51. The number of unbranched alkanes of at least 4 members (excludes halogenated alkanes) is 13. The maximum atomic E-state index is 13.1. The molecule has 0 heterocycles. The van der Waals surface area contributed by atoms with Crippen LogP contribution >= 0.6 is 0 Å². The molecular formula is C53H83NO5. The highest BCUT2D eigenvalue weighted by Crippen LogP contribution is 2.16. The molecule has 3 atom stereocenters. The zero-order valence-corrected chi connectivity index (χ0v) is 37.3. The van der Waals surface area contributed by atoms with Crippen LogP contribution in [0, 0.1) is 0 Å². The standard InChI is InChI=1S/C53H83NO5/c1-4-7-10-13-16-19-22-24-26-28-30-32-35-38-41-44-49(59-53(58)46-43-40-37-34-31-29-27-25-23-20-17-14-11-8-5-2)47-52(57)54-50(48-55)51(56)45-42-39-36-33-21-18-15-12-9-6-3/h7-8,10-11,13-14,16-17,19-20,22-32,35,49-51,55-56H,4-6,9,12,15,18,21,33-34,36-48H2,1-3H3,(H,54,57)/b10-7-,11-8+,16-13+,17-14+,22-19+,23-20-,26-24-,27-25-,30-28+,31-29+,35-32+. The molecule has 0 aromatic heterocycles. The first-order valence-electron chi connectivity index (χ1n) is 23.1. The Bertz CT molecular complexity index is 1320. The lowest BCUT2D eigenvalue weighted by Crippen LogP contribution is -2.46. The first-order chi connectivity index (χ1) is 29.0. The molecule has 0 radical (unpaired) electrons. The summed E-state index contributed by atoms with van der Waals surface area (Å²) in [5.41, 5.74) is 0. The monoisotopic (exact) mass is 814 g/mol. The molecule has 0 aliphatic carbocycles. The molecule has 1 amide bonds. The van der Waals surface area contributed by atoms with Crippen LogP contribution < -0.4 is 5.32 Å². The van der Waals surface area contributed by atoms with Crippen LogP contribution in [0.3, 0.4) is 0 Å². The summed E-state index contributed by atoms with van der Waals surface area (Å²) in [4.78, 5) is 26.0. The second-order valence-electron chi connectivity index (χ2n) is 15.0.